The lowest BCUT2D eigenvalue weighted by Crippen LogP contribution is -2.46. The number of hydrogen-bond acceptors (Lipinski definition) is 4. The van der Waals surface area contributed by atoms with Crippen LogP contribution in [-0.2, 0) is 10.2 Å². The van der Waals surface area contributed by atoms with Crippen molar-refractivity contribution in [2.75, 3.05) is 20.2 Å². The number of nitrogens with two attached hydrogens (primary N) is 1. The number of piperidine rings is 1. The fourth-order valence-electron chi connectivity index (χ4n) is 4.13. The van der Waals surface area contributed by atoms with Gasteiger partial charge >= 0.3 is 6.09 Å². The Labute approximate surface area is 144 Å². The minimum Gasteiger partial charge on any atom is -0.496 e. The van der Waals surface area contributed by atoms with E-state index in [2.05, 4.69) is 6.07 Å². The molecule has 0 saturated carbocycles. The van der Waals surface area contributed by atoms with E-state index in [1.54, 1.807) is 7.11 Å². The molecule has 0 bridgehead atoms. The average molecular weight is 332 g/mol. The highest BCUT2D eigenvalue weighted by atomic mass is 16.6. The van der Waals surface area contributed by atoms with Gasteiger partial charge in [-0.1, -0.05) is 12.1 Å². The van der Waals surface area contributed by atoms with Gasteiger partial charge in [0.05, 0.1) is 7.11 Å². The Balaban J connectivity index is 1.79. The third-order valence-electron chi connectivity index (χ3n) is 5.19. The van der Waals surface area contributed by atoms with Crippen LogP contribution in [0.2, 0.25) is 0 Å². The third kappa shape index (κ3) is 2.97. The number of amides is 1. The lowest BCUT2D eigenvalue weighted by Gasteiger charge is -2.40. The molecule has 3 rings (SSSR count). The standard InChI is InChI=1S/C19H28N2O3/c1-18(2,3)24-17(22)21-10-8-19(9-11-21)12-14(20)13-6-5-7-15(23-4)16(13)19/h5-7,14H,8-12,20H2,1-4H3. The molecule has 0 aromatic heterocycles. The van der Waals surface area contributed by atoms with Gasteiger partial charge in [-0.15, -0.1) is 0 Å². The number of nitrogens with zero attached hydrogens (tertiary/aromatic N) is 1. The first-order chi connectivity index (χ1) is 11.3. The molecule has 132 valence electrons. The minimum atomic E-state index is -0.461. The van der Waals surface area contributed by atoms with E-state index in [1.807, 2.05) is 37.8 Å². The van der Waals surface area contributed by atoms with E-state index >= 15 is 0 Å². The molecule has 1 spiro atoms. The number of ether oxygens (including phenoxy) is 2. The molecule has 1 aliphatic heterocycles. The number of fused-ring (bicyclic) bond motifs is 2. The van der Waals surface area contributed by atoms with Crippen LogP contribution < -0.4 is 10.5 Å². The van der Waals surface area contributed by atoms with Crippen LogP contribution in [0.1, 0.15) is 57.2 Å². The number of methoxy groups -OCH3 is 1. The van der Waals surface area contributed by atoms with Crippen molar-refractivity contribution in [3.05, 3.63) is 29.3 Å². The summed E-state index contributed by atoms with van der Waals surface area (Å²) in [6.45, 7) is 7.08. The van der Waals surface area contributed by atoms with Crippen molar-refractivity contribution in [3.8, 4) is 5.75 Å². The maximum atomic E-state index is 12.3. The molecule has 1 aromatic rings. The van der Waals surface area contributed by atoms with Crippen molar-refractivity contribution in [1.82, 2.24) is 4.90 Å². The van der Waals surface area contributed by atoms with E-state index in [0.717, 1.165) is 25.0 Å². The molecule has 1 fully saturated rings. The van der Waals surface area contributed by atoms with Crippen LogP contribution in [0.4, 0.5) is 4.79 Å². The fourth-order valence-corrected chi connectivity index (χ4v) is 4.13. The number of carbonyl (C=O) groups is 1. The van der Waals surface area contributed by atoms with Gasteiger partial charge in [-0.3, -0.25) is 0 Å². The minimum absolute atomic E-state index is 0.0138. The van der Waals surface area contributed by atoms with Crippen LogP contribution in [0, 0.1) is 0 Å². The van der Waals surface area contributed by atoms with Crippen LogP contribution in [0.5, 0.6) is 5.75 Å². The molecule has 0 radical (unpaired) electrons. The first-order valence-electron chi connectivity index (χ1n) is 8.67. The highest BCUT2D eigenvalue weighted by molar-refractivity contribution is 5.68. The van der Waals surface area contributed by atoms with Crippen LogP contribution in [-0.4, -0.2) is 36.8 Å². The van der Waals surface area contributed by atoms with Gasteiger partial charge < -0.3 is 20.1 Å². The molecule has 5 heteroatoms. The number of rotatable bonds is 1. The van der Waals surface area contributed by atoms with E-state index in [1.165, 1.54) is 11.1 Å². The van der Waals surface area contributed by atoms with Crippen molar-refractivity contribution < 1.29 is 14.3 Å². The van der Waals surface area contributed by atoms with E-state index in [4.69, 9.17) is 15.2 Å². The van der Waals surface area contributed by atoms with Crippen LogP contribution in [0.25, 0.3) is 0 Å². The van der Waals surface area contributed by atoms with E-state index in [0.29, 0.717) is 13.1 Å². The van der Waals surface area contributed by atoms with Gasteiger partial charge in [0.1, 0.15) is 11.4 Å². The normalized spacial score (nSPS) is 22.4. The van der Waals surface area contributed by atoms with Crippen LogP contribution >= 0.6 is 0 Å². The maximum absolute atomic E-state index is 12.3. The summed E-state index contributed by atoms with van der Waals surface area (Å²) in [7, 11) is 1.71. The molecule has 1 atom stereocenters. The largest absolute Gasteiger partial charge is 0.496 e. The summed E-state index contributed by atoms with van der Waals surface area (Å²) < 4.78 is 11.1. The van der Waals surface area contributed by atoms with Gasteiger partial charge in [0.2, 0.25) is 0 Å². The van der Waals surface area contributed by atoms with Crippen molar-refractivity contribution in [3.63, 3.8) is 0 Å². The summed E-state index contributed by atoms with van der Waals surface area (Å²) in [4.78, 5) is 14.1. The number of benzene rings is 1. The number of likely N-dealkylation sites (tertiary alicyclic amines) is 1. The average Bonchev–Trinajstić information content (AvgIpc) is 2.79. The van der Waals surface area contributed by atoms with E-state index in [9.17, 15) is 4.79 Å². The number of carbonyl (C=O) groups excluding carboxylic acids is 1. The van der Waals surface area contributed by atoms with Gasteiger partial charge in [-0.05, 0) is 51.7 Å². The summed E-state index contributed by atoms with van der Waals surface area (Å²) in [5.74, 6) is 0.922. The summed E-state index contributed by atoms with van der Waals surface area (Å²) in [6.07, 6.45) is 2.49. The molecular weight excluding hydrogens is 304 g/mol. The fraction of sp³-hybridized carbons (Fsp3) is 0.632. The first-order valence-corrected chi connectivity index (χ1v) is 8.67. The van der Waals surface area contributed by atoms with Gasteiger partial charge in [0.25, 0.3) is 0 Å². The highest BCUT2D eigenvalue weighted by Crippen LogP contribution is 2.53. The lowest BCUT2D eigenvalue weighted by atomic mass is 9.73. The van der Waals surface area contributed by atoms with Gasteiger partial charge in [-0.25, -0.2) is 4.79 Å². The van der Waals surface area contributed by atoms with Crippen LogP contribution in [0.15, 0.2) is 18.2 Å². The molecule has 1 heterocycles. The Hall–Kier alpha value is -1.75. The molecule has 2 N–H and O–H groups in total. The molecule has 1 unspecified atom stereocenters. The predicted molar refractivity (Wildman–Crippen MR) is 93.3 cm³/mol. The van der Waals surface area contributed by atoms with Crippen molar-refractivity contribution in [2.24, 2.45) is 5.73 Å². The monoisotopic (exact) mass is 332 g/mol. The SMILES string of the molecule is COc1cccc2c1C1(CCN(C(=O)OC(C)(C)C)CC1)CC2N. The van der Waals surface area contributed by atoms with Crippen molar-refractivity contribution in [2.45, 2.75) is 57.1 Å². The van der Waals surface area contributed by atoms with Gasteiger partial charge in [-0.2, -0.15) is 0 Å². The molecular formula is C19H28N2O3. The highest BCUT2D eigenvalue weighted by Gasteiger charge is 2.47. The smallest absolute Gasteiger partial charge is 0.410 e. The summed E-state index contributed by atoms with van der Waals surface area (Å²) in [5, 5.41) is 0. The summed E-state index contributed by atoms with van der Waals surface area (Å²) in [5.41, 5.74) is 8.39. The third-order valence-corrected chi connectivity index (χ3v) is 5.19. The Bertz CT molecular complexity index is 628. The van der Waals surface area contributed by atoms with Crippen molar-refractivity contribution >= 4 is 6.09 Å². The van der Waals surface area contributed by atoms with E-state index in [-0.39, 0.29) is 17.6 Å². The first kappa shape index (κ1) is 17.1. The van der Waals surface area contributed by atoms with E-state index < -0.39 is 5.60 Å². The lowest BCUT2D eigenvalue weighted by molar-refractivity contribution is 0.0161. The zero-order valence-corrected chi connectivity index (χ0v) is 15.1. The molecule has 2 aliphatic rings. The second-order valence-corrected chi connectivity index (χ2v) is 7.98. The number of hydrogen-bond donors (Lipinski definition) is 1. The second-order valence-electron chi connectivity index (χ2n) is 7.98. The Morgan fingerprint density at radius 1 is 1.29 bits per heavy atom. The quantitative estimate of drug-likeness (QED) is 0.856. The molecule has 1 aromatic carbocycles. The topological polar surface area (TPSA) is 64.8 Å². The maximum Gasteiger partial charge on any atom is 0.410 e. The Morgan fingerprint density at radius 2 is 1.96 bits per heavy atom. The predicted octanol–water partition coefficient (Wildman–Crippen LogP) is 3.37. The Kier molecular flexibility index (Phi) is 4.24. The molecule has 5 nitrogen and oxygen atoms in total. The zero-order valence-electron chi connectivity index (χ0n) is 15.1. The summed E-state index contributed by atoms with van der Waals surface area (Å²) >= 11 is 0. The molecule has 1 amide bonds. The zero-order chi connectivity index (χ0) is 17.5. The van der Waals surface area contributed by atoms with Gasteiger partial charge in [0, 0.05) is 30.1 Å². The second kappa shape index (κ2) is 5.96. The van der Waals surface area contributed by atoms with Gasteiger partial charge in [0.15, 0.2) is 0 Å². The molecule has 1 aliphatic carbocycles. The Morgan fingerprint density at radius 3 is 2.54 bits per heavy atom. The molecule has 1 saturated heterocycles. The summed E-state index contributed by atoms with van der Waals surface area (Å²) in [6, 6.07) is 6.17. The van der Waals surface area contributed by atoms with Crippen molar-refractivity contribution in [1.29, 1.82) is 0 Å². The van der Waals surface area contributed by atoms with Crippen LogP contribution in [0.3, 0.4) is 0 Å². The molecule has 24 heavy (non-hydrogen) atoms.